The number of fused-ring (bicyclic) bond motifs is 1. The first-order valence-electron chi connectivity index (χ1n) is 8.62. The van der Waals surface area contributed by atoms with Gasteiger partial charge < -0.3 is 9.47 Å². The zero-order chi connectivity index (χ0) is 18.8. The van der Waals surface area contributed by atoms with Gasteiger partial charge in [-0.05, 0) is 32.0 Å². The lowest BCUT2D eigenvalue weighted by molar-refractivity contribution is 0.242. The molecule has 7 heteroatoms. The summed E-state index contributed by atoms with van der Waals surface area (Å²) in [5.41, 5.74) is 3.00. The molecule has 0 saturated heterocycles. The number of imidazole rings is 1. The standard InChI is InChI=1S/C20H19N5O2/c1-13(2)27-15-10-17-19(23-12-15)25(14-7-8-18(26-3)22-11-14)20(24-17)16-6-4-5-9-21-16/h4-13H,1-3H3. The van der Waals surface area contributed by atoms with Crippen LogP contribution in [0.3, 0.4) is 0 Å². The highest BCUT2D eigenvalue weighted by Gasteiger charge is 2.17. The van der Waals surface area contributed by atoms with Gasteiger partial charge in [0.15, 0.2) is 11.5 Å². The number of hydrogen-bond acceptors (Lipinski definition) is 6. The molecular formula is C20H19N5O2. The lowest BCUT2D eigenvalue weighted by Crippen LogP contribution is -2.06. The van der Waals surface area contributed by atoms with Crippen LogP contribution in [0.1, 0.15) is 13.8 Å². The maximum absolute atomic E-state index is 5.76. The molecule has 0 fully saturated rings. The Morgan fingerprint density at radius 3 is 2.56 bits per heavy atom. The van der Waals surface area contributed by atoms with E-state index in [0.29, 0.717) is 23.1 Å². The number of nitrogens with zero attached hydrogens (tertiary/aromatic N) is 5. The molecule has 0 bridgehead atoms. The van der Waals surface area contributed by atoms with Crippen LogP contribution in [0.4, 0.5) is 0 Å². The molecule has 0 aliphatic heterocycles. The van der Waals surface area contributed by atoms with Crippen molar-refractivity contribution in [3.8, 4) is 28.8 Å². The molecule has 0 aliphatic rings. The summed E-state index contributed by atoms with van der Waals surface area (Å²) in [6.45, 7) is 3.95. The van der Waals surface area contributed by atoms with E-state index in [9.17, 15) is 0 Å². The first-order valence-corrected chi connectivity index (χ1v) is 8.62. The molecule has 7 nitrogen and oxygen atoms in total. The van der Waals surface area contributed by atoms with E-state index < -0.39 is 0 Å². The Kier molecular flexibility index (Phi) is 4.42. The minimum Gasteiger partial charge on any atom is -0.489 e. The summed E-state index contributed by atoms with van der Waals surface area (Å²) in [5, 5.41) is 0. The molecule has 27 heavy (non-hydrogen) atoms. The van der Waals surface area contributed by atoms with Crippen LogP contribution in [0.25, 0.3) is 28.4 Å². The van der Waals surface area contributed by atoms with Crippen molar-refractivity contribution >= 4 is 11.2 Å². The molecule has 0 aromatic carbocycles. The van der Waals surface area contributed by atoms with Crippen molar-refractivity contribution in [2.24, 2.45) is 0 Å². The van der Waals surface area contributed by atoms with Crippen LogP contribution >= 0.6 is 0 Å². The van der Waals surface area contributed by atoms with Gasteiger partial charge in [-0.2, -0.15) is 0 Å². The summed E-state index contributed by atoms with van der Waals surface area (Å²) in [5.74, 6) is 1.91. The predicted octanol–water partition coefficient (Wildman–Crippen LogP) is 3.67. The Morgan fingerprint density at radius 1 is 1.00 bits per heavy atom. The molecule has 0 N–H and O–H groups in total. The lowest BCUT2D eigenvalue weighted by atomic mass is 10.3. The Morgan fingerprint density at radius 2 is 1.89 bits per heavy atom. The molecule has 4 heterocycles. The second-order valence-electron chi connectivity index (χ2n) is 6.22. The fourth-order valence-corrected chi connectivity index (χ4v) is 2.82. The van der Waals surface area contributed by atoms with Gasteiger partial charge in [0.1, 0.15) is 17.0 Å². The maximum Gasteiger partial charge on any atom is 0.213 e. The molecular weight excluding hydrogens is 342 g/mol. The highest BCUT2D eigenvalue weighted by Crippen LogP contribution is 2.28. The Hall–Kier alpha value is -3.48. The summed E-state index contributed by atoms with van der Waals surface area (Å²) in [4.78, 5) is 18.1. The van der Waals surface area contributed by atoms with Crippen LogP contribution in [0.5, 0.6) is 11.6 Å². The fourth-order valence-electron chi connectivity index (χ4n) is 2.82. The van der Waals surface area contributed by atoms with Crippen LogP contribution in [0.2, 0.25) is 0 Å². The second-order valence-corrected chi connectivity index (χ2v) is 6.22. The number of aromatic nitrogens is 5. The van der Waals surface area contributed by atoms with Gasteiger partial charge in [-0.25, -0.2) is 15.0 Å². The molecule has 0 saturated carbocycles. The topological polar surface area (TPSA) is 75.0 Å². The molecule has 0 radical (unpaired) electrons. The highest BCUT2D eigenvalue weighted by atomic mass is 16.5. The van der Waals surface area contributed by atoms with Gasteiger partial charge in [-0.1, -0.05) is 6.07 Å². The third kappa shape index (κ3) is 3.31. The summed E-state index contributed by atoms with van der Waals surface area (Å²) >= 11 is 0. The molecule has 0 unspecified atom stereocenters. The number of rotatable bonds is 5. The van der Waals surface area contributed by atoms with Gasteiger partial charge in [0.25, 0.3) is 0 Å². The molecule has 4 rings (SSSR count). The SMILES string of the molecule is COc1ccc(-n2c(-c3ccccn3)nc3cc(OC(C)C)cnc32)cn1. The summed E-state index contributed by atoms with van der Waals surface area (Å²) in [6, 6.07) is 11.3. The van der Waals surface area contributed by atoms with Crippen LogP contribution < -0.4 is 9.47 Å². The van der Waals surface area contributed by atoms with Gasteiger partial charge in [-0.3, -0.25) is 9.55 Å². The van der Waals surface area contributed by atoms with E-state index in [1.54, 1.807) is 31.8 Å². The minimum absolute atomic E-state index is 0.0624. The lowest BCUT2D eigenvalue weighted by Gasteiger charge is -2.10. The highest BCUT2D eigenvalue weighted by molar-refractivity contribution is 5.80. The molecule has 0 amide bonds. The molecule has 0 spiro atoms. The van der Waals surface area contributed by atoms with E-state index >= 15 is 0 Å². The van der Waals surface area contributed by atoms with E-state index in [0.717, 1.165) is 16.9 Å². The van der Waals surface area contributed by atoms with Gasteiger partial charge >= 0.3 is 0 Å². The smallest absolute Gasteiger partial charge is 0.213 e. The maximum atomic E-state index is 5.76. The second kappa shape index (κ2) is 7.03. The van der Waals surface area contributed by atoms with Crippen molar-refractivity contribution in [3.05, 3.63) is 55.0 Å². The minimum atomic E-state index is 0.0624. The largest absolute Gasteiger partial charge is 0.489 e. The van der Waals surface area contributed by atoms with Crippen molar-refractivity contribution in [2.75, 3.05) is 7.11 Å². The molecule has 136 valence electrons. The molecule has 0 aliphatic carbocycles. The average molecular weight is 361 g/mol. The fraction of sp³-hybridized carbons (Fsp3) is 0.200. The van der Waals surface area contributed by atoms with Crippen molar-refractivity contribution in [1.82, 2.24) is 24.5 Å². The number of pyridine rings is 3. The van der Waals surface area contributed by atoms with Crippen LogP contribution in [-0.2, 0) is 0 Å². The monoisotopic (exact) mass is 361 g/mol. The van der Waals surface area contributed by atoms with Crippen molar-refractivity contribution in [1.29, 1.82) is 0 Å². The Bertz CT molecular complexity index is 1060. The molecule has 0 atom stereocenters. The molecule has 4 aromatic rings. The van der Waals surface area contributed by atoms with Crippen molar-refractivity contribution < 1.29 is 9.47 Å². The van der Waals surface area contributed by atoms with Crippen LogP contribution in [0.15, 0.2) is 55.0 Å². The van der Waals surface area contributed by atoms with E-state index in [4.69, 9.17) is 14.5 Å². The third-order valence-electron chi connectivity index (χ3n) is 3.93. The first-order chi connectivity index (χ1) is 13.2. The molecule has 4 aromatic heterocycles. The summed E-state index contributed by atoms with van der Waals surface area (Å²) < 4.78 is 12.9. The van der Waals surface area contributed by atoms with Gasteiger partial charge in [0.2, 0.25) is 5.88 Å². The number of hydrogen-bond donors (Lipinski definition) is 0. The third-order valence-corrected chi connectivity index (χ3v) is 3.93. The number of methoxy groups -OCH3 is 1. The van der Waals surface area contributed by atoms with E-state index in [-0.39, 0.29) is 6.10 Å². The van der Waals surface area contributed by atoms with Crippen molar-refractivity contribution in [2.45, 2.75) is 20.0 Å². The van der Waals surface area contributed by atoms with E-state index in [2.05, 4.69) is 15.0 Å². The predicted molar refractivity (Wildman–Crippen MR) is 102 cm³/mol. The average Bonchev–Trinajstić information content (AvgIpc) is 3.07. The van der Waals surface area contributed by atoms with Crippen LogP contribution in [-0.4, -0.2) is 37.7 Å². The van der Waals surface area contributed by atoms with Gasteiger partial charge in [0.05, 0.1) is 31.3 Å². The van der Waals surface area contributed by atoms with E-state index in [1.807, 2.05) is 48.7 Å². The summed E-state index contributed by atoms with van der Waals surface area (Å²) in [7, 11) is 1.59. The zero-order valence-corrected chi connectivity index (χ0v) is 15.3. The quantitative estimate of drug-likeness (QED) is 0.540. The van der Waals surface area contributed by atoms with Crippen LogP contribution in [0, 0.1) is 0 Å². The Balaban J connectivity index is 1.92. The van der Waals surface area contributed by atoms with Crippen molar-refractivity contribution in [3.63, 3.8) is 0 Å². The first kappa shape index (κ1) is 17.0. The zero-order valence-electron chi connectivity index (χ0n) is 15.3. The van der Waals surface area contributed by atoms with Gasteiger partial charge in [0, 0.05) is 18.3 Å². The van der Waals surface area contributed by atoms with E-state index in [1.165, 1.54) is 0 Å². The number of ether oxygens (including phenoxy) is 2. The van der Waals surface area contributed by atoms with Gasteiger partial charge in [-0.15, -0.1) is 0 Å². The summed E-state index contributed by atoms with van der Waals surface area (Å²) in [6.07, 6.45) is 5.24. The normalized spacial score (nSPS) is 11.1. The Labute approximate surface area is 156 Å².